The molecule has 8 heteroatoms. The molecule has 0 spiro atoms. The summed E-state index contributed by atoms with van der Waals surface area (Å²) in [5.41, 5.74) is 0.810. The minimum absolute atomic E-state index is 0.0927. The van der Waals surface area contributed by atoms with E-state index in [1.807, 2.05) is 0 Å². The largest absolute Gasteiger partial charge is 0.358 e. The van der Waals surface area contributed by atoms with Gasteiger partial charge in [0.1, 0.15) is 6.20 Å². The normalized spacial score (nSPS) is 13.5. The van der Waals surface area contributed by atoms with Crippen LogP contribution in [0.3, 0.4) is 0 Å². The van der Waals surface area contributed by atoms with E-state index in [9.17, 15) is 19.7 Å². The van der Waals surface area contributed by atoms with Crippen molar-refractivity contribution in [3.8, 4) is 0 Å². The average Bonchev–Trinajstić information content (AvgIpc) is 3.01. The highest BCUT2D eigenvalue weighted by molar-refractivity contribution is 6.21. The van der Waals surface area contributed by atoms with Crippen LogP contribution >= 0.6 is 0 Å². The lowest BCUT2D eigenvalue weighted by atomic mass is 10.1. The quantitative estimate of drug-likeness (QED) is 0.476. The molecule has 0 fully saturated rings. The van der Waals surface area contributed by atoms with Gasteiger partial charge in [0.2, 0.25) is 0 Å². The van der Waals surface area contributed by atoms with Crippen molar-refractivity contribution in [3.63, 3.8) is 0 Å². The first kappa shape index (κ1) is 14.9. The van der Waals surface area contributed by atoms with Crippen LogP contribution in [0.25, 0.3) is 0 Å². The van der Waals surface area contributed by atoms with E-state index in [4.69, 9.17) is 0 Å². The first-order chi connectivity index (χ1) is 11.0. The lowest BCUT2D eigenvalue weighted by molar-refractivity contribution is -0.392. The second kappa shape index (κ2) is 5.64. The van der Waals surface area contributed by atoms with Crippen molar-refractivity contribution in [2.24, 2.45) is 0 Å². The summed E-state index contributed by atoms with van der Waals surface area (Å²) < 4.78 is 1.47. The van der Waals surface area contributed by atoms with Gasteiger partial charge in [-0.15, -0.1) is 0 Å². The number of benzene rings is 1. The van der Waals surface area contributed by atoms with E-state index in [0.29, 0.717) is 29.9 Å². The van der Waals surface area contributed by atoms with E-state index in [-0.39, 0.29) is 24.2 Å². The molecule has 1 aliphatic heterocycles. The van der Waals surface area contributed by atoms with Crippen molar-refractivity contribution in [3.05, 3.63) is 57.5 Å². The molecule has 2 aromatic rings. The second-order valence-corrected chi connectivity index (χ2v) is 5.23. The third kappa shape index (κ3) is 2.48. The standard InChI is InChI=1S/C15H14N4O4/c1-10-16-9-13(19(22)23)17(10)7-4-8-18-14(20)11-5-2-3-6-12(11)15(18)21/h2-3,5-6,9H,4,7-8H2,1H3. The zero-order chi connectivity index (χ0) is 16.6. The molecule has 2 heterocycles. The molecule has 1 aromatic carbocycles. The molecule has 1 aromatic heterocycles. The molecule has 0 saturated heterocycles. The monoisotopic (exact) mass is 314 g/mol. The molecule has 118 valence electrons. The first-order valence-corrected chi connectivity index (χ1v) is 7.12. The predicted molar refractivity (Wildman–Crippen MR) is 80.0 cm³/mol. The molecular weight excluding hydrogens is 300 g/mol. The fourth-order valence-electron chi connectivity index (χ4n) is 2.71. The third-order valence-corrected chi connectivity index (χ3v) is 3.86. The Kier molecular flexibility index (Phi) is 3.65. The number of amides is 2. The van der Waals surface area contributed by atoms with Gasteiger partial charge in [0.15, 0.2) is 5.82 Å². The number of imidazole rings is 1. The molecule has 0 bridgehead atoms. The lowest BCUT2D eigenvalue weighted by Gasteiger charge is -2.13. The smallest absolute Gasteiger partial charge is 0.342 e. The Morgan fingerprint density at radius 3 is 2.30 bits per heavy atom. The van der Waals surface area contributed by atoms with Crippen LogP contribution in [0.1, 0.15) is 33.0 Å². The number of aromatic nitrogens is 2. The fraction of sp³-hybridized carbons (Fsp3) is 0.267. The van der Waals surface area contributed by atoms with Crippen LogP contribution in [0.2, 0.25) is 0 Å². The predicted octanol–water partition coefficient (Wildman–Crippen LogP) is 1.79. The van der Waals surface area contributed by atoms with Gasteiger partial charge in [-0.05, 0) is 17.1 Å². The molecule has 0 N–H and O–H groups in total. The first-order valence-electron chi connectivity index (χ1n) is 7.12. The molecule has 0 aliphatic carbocycles. The molecule has 0 saturated carbocycles. The molecule has 2 amide bonds. The number of carbonyl (C=O) groups is 2. The molecule has 8 nitrogen and oxygen atoms in total. The van der Waals surface area contributed by atoms with Gasteiger partial charge in [0.25, 0.3) is 11.8 Å². The highest BCUT2D eigenvalue weighted by Gasteiger charge is 2.34. The summed E-state index contributed by atoms with van der Waals surface area (Å²) in [5, 5.41) is 10.9. The molecule has 0 radical (unpaired) electrons. The van der Waals surface area contributed by atoms with Gasteiger partial charge in [-0.25, -0.2) is 9.55 Å². The molecule has 0 atom stereocenters. The van der Waals surface area contributed by atoms with Crippen LogP contribution in [-0.4, -0.2) is 37.7 Å². The van der Waals surface area contributed by atoms with Crippen molar-refractivity contribution in [2.45, 2.75) is 19.9 Å². The van der Waals surface area contributed by atoms with E-state index in [1.54, 1.807) is 31.2 Å². The third-order valence-electron chi connectivity index (χ3n) is 3.86. The Morgan fingerprint density at radius 2 is 1.74 bits per heavy atom. The summed E-state index contributed by atoms with van der Waals surface area (Å²) in [7, 11) is 0. The number of rotatable bonds is 5. The van der Waals surface area contributed by atoms with Crippen molar-refractivity contribution < 1.29 is 14.5 Å². The number of fused-ring (bicyclic) bond motifs is 1. The van der Waals surface area contributed by atoms with Crippen molar-refractivity contribution in [1.29, 1.82) is 0 Å². The number of nitro groups is 1. The number of imide groups is 1. The molecule has 1 aliphatic rings. The Hall–Kier alpha value is -3.03. The lowest BCUT2D eigenvalue weighted by Crippen LogP contribution is -2.31. The number of nitrogens with zero attached hydrogens (tertiary/aromatic N) is 4. The van der Waals surface area contributed by atoms with E-state index >= 15 is 0 Å². The van der Waals surface area contributed by atoms with Gasteiger partial charge in [0.05, 0.1) is 17.7 Å². The van der Waals surface area contributed by atoms with Crippen LogP contribution < -0.4 is 0 Å². The molecule has 23 heavy (non-hydrogen) atoms. The van der Waals surface area contributed by atoms with Gasteiger partial charge < -0.3 is 10.1 Å². The number of aryl methyl sites for hydroxylation is 1. The zero-order valence-corrected chi connectivity index (χ0v) is 12.4. The van der Waals surface area contributed by atoms with Gasteiger partial charge in [-0.3, -0.25) is 14.5 Å². The molecule has 0 unspecified atom stereocenters. The molecule has 3 rings (SSSR count). The van der Waals surface area contributed by atoms with Crippen LogP contribution in [-0.2, 0) is 6.54 Å². The van der Waals surface area contributed by atoms with Crippen molar-refractivity contribution in [1.82, 2.24) is 14.5 Å². The highest BCUT2D eigenvalue weighted by atomic mass is 16.6. The zero-order valence-electron chi connectivity index (χ0n) is 12.4. The number of hydrogen-bond donors (Lipinski definition) is 0. The Bertz CT molecular complexity index is 777. The second-order valence-electron chi connectivity index (χ2n) is 5.23. The summed E-state index contributed by atoms with van der Waals surface area (Å²) in [6.45, 7) is 2.20. The van der Waals surface area contributed by atoms with E-state index in [2.05, 4.69) is 4.98 Å². The van der Waals surface area contributed by atoms with Crippen molar-refractivity contribution >= 4 is 17.6 Å². The minimum Gasteiger partial charge on any atom is -0.358 e. The number of carbonyl (C=O) groups excluding carboxylic acids is 2. The summed E-state index contributed by atoms with van der Waals surface area (Å²) in [5.74, 6) is -0.200. The fourth-order valence-corrected chi connectivity index (χ4v) is 2.71. The van der Waals surface area contributed by atoms with E-state index in [0.717, 1.165) is 0 Å². The maximum atomic E-state index is 12.2. The Balaban J connectivity index is 1.69. The van der Waals surface area contributed by atoms with Crippen LogP contribution in [0.15, 0.2) is 30.5 Å². The van der Waals surface area contributed by atoms with E-state index in [1.165, 1.54) is 15.7 Å². The average molecular weight is 314 g/mol. The maximum absolute atomic E-state index is 12.2. The Labute approximate surface area is 131 Å². The topological polar surface area (TPSA) is 98.3 Å². The summed E-state index contributed by atoms with van der Waals surface area (Å²) in [6, 6.07) is 6.68. The van der Waals surface area contributed by atoms with Crippen molar-refractivity contribution in [2.75, 3.05) is 6.54 Å². The van der Waals surface area contributed by atoms with Crippen LogP contribution in [0.5, 0.6) is 0 Å². The van der Waals surface area contributed by atoms with Gasteiger partial charge >= 0.3 is 5.82 Å². The Morgan fingerprint density at radius 1 is 1.13 bits per heavy atom. The maximum Gasteiger partial charge on any atom is 0.342 e. The SMILES string of the molecule is Cc1ncc([N+](=O)[O-])n1CCCN1C(=O)c2ccccc2C1=O. The highest BCUT2D eigenvalue weighted by Crippen LogP contribution is 2.23. The van der Waals surface area contributed by atoms with Gasteiger partial charge in [-0.1, -0.05) is 12.1 Å². The number of hydrogen-bond acceptors (Lipinski definition) is 5. The van der Waals surface area contributed by atoms with E-state index < -0.39 is 4.92 Å². The summed E-state index contributed by atoms with van der Waals surface area (Å²) >= 11 is 0. The summed E-state index contributed by atoms with van der Waals surface area (Å²) in [6.07, 6.45) is 1.63. The molecular formula is C15H14N4O4. The minimum atomic E-state index is -0.498. The van der Waals surface area contributed by atoms with Crippen LogP contribution in [0.4, 0.5) is 5.82 Å². The van der Waals surface area contributed by atoms with Gasteiger partial charge in [-0.2, -0.15) is 0 Å². The van der Waals surface area contributed by atoms with Gasteiger partial charge in [0, 0.05) is 19.9 Å². The van der Waals surface area contributed by atoms with Crippen LogP contribution in [0, 0.1) is 17.0 Å². The summed E-state index contributed by atoms with van der Waals surface area (Å²) in [4.78, 5) is 40.0.